The maximum absolute atomic E-state index is 3.38. The van der Waals surface area contributed by atoms with Gasteiger partial charge in [-0.05, 0) is 59.8 Å². The van der Waals surface area contributed by atoms with Gasteiger partial charge in [0.15, 0.2) is 0 Å². The van der Waals surface area contributed by atoms with E-state index in [9.17, 15) is 0 Å². The Morgan fingerprint density at radius 3 is 1.18 bits per heavy atom. The van der Waals surface area contributed by atoms with Crippen LogP contribution in [0, 0.1) is 25.7 Å². The Kier molecular flexibility index (Phi) is 21.1. The molecule has 6 aromatic carbocycles. The van der Waals surface area contributed by atoms with Gasteiger partial charge in [0.25, 0.3) is 0 Å². The van der Waals surface area contributed by atoms with Crippen LogP contribution in [0.3, 0.4) is 0 Å². The van der Waals surface area contributed by atoms with Crippen molar-refractivity contribution in [2.75, 3.05) is 0 Å². The average Bonchev–Trinajstić information content (AvgIpc) is 3.65. The molecule has 0 aliphatic rings. The fourth-order valence-corrected chi connectivity index (χ4v) is 6.55. The molecule has 0 bridgehead atoms. The van der Waals surface area contributed by atoms with Crippen molar-refractivity contribution in [2.24, 2.45) is 11.8 Å². The molecular formula is C47H56Cl2Hf-6. The molecule has 0 aliphatic carbocycles. The van der Waals surface area contributed by atoms with Crippen LogP contribution in [0.5, 0.6) is 0 Å². The van der Waals surface area contributed by atoms with Crippen LogP contribution in [-0.4, -0.2) is 0 Å². The second-order valence-corrected chi connectivity index (χ2v) is 13.8. The van der Waals surface area contributed by atoms with Crippen LogP contribution < -0.4 is 24.8 Å². The Balaban J connectivity index is 0.000000439. The van der Waals surface area contributed by atoms with Gasteiger partial charge >= 0.3 is 0 Å². The van der Waals surface area contributed by atoms with E-state index in [-0.39, 0.29) is 50.7 Å². The first-order valence-corrected chi connectivity index (χ1v) is 17.9. The van der Waals surface area contributed by atoms with Gasteiger partial charge in [-0.25, -0.2) is 0 Å². The van der Waals surface area contributed by atoms with Gasteiger partial charge in [0, 0.05) is 25.8 Å². The minimum Gasteiger partial charge on any atom is -1.00 e. The minimum absolute atomic E-state index is 0. The van der Waals surface area contributed by atoms with Crippen LogP contribution in [0.1, 0.15) is 83.1 Å². The first-order chi connectivity index (χ1) is 22.8. The molecule has 0 heterocycles. The number of rotatable bonds is 10. The number of hydrogen-bond donors (Lipinski definition) is 0. The number of aryl methyl sites for hydroxylation is 2. The van der Waals surface area contributed by atoms with Crippen molar-refractivity contribution in [3.63, 3.8) is 0 Å². The van der Waals surface area contributed by atoms with E-state index >= 15 is 0 Å². The van der Waals surface area contributed by atoms with Crippen LogP contribution in [0.25, 0.3) is 43.8 Å². The first-order valence-electron chi connectivity index (χ1n) is 17.9. The smallest absolute Gasteiger partial charge is 0 e. The average molecular weight is 870 g/mol. The standard InChI is InChI=1S/2C22H25.C3H6.2ClH.Hf/c2*1-4-6-17-9-11-19(12-10-17)21-8-5-7-20-14-18(13-16(2)3)15-22(20)21;1-3-2;;;/h2*5,7-12,14-16H,4,6,13H2,1-3H3;1-3H2;2*1H;/q2*-1;-2;;;/p-2. The van der Waals surface area contributed by atoms with E-state index in [4.69, 9.17) is 0 Å². The van der Waals surface area contributed by atoms with Gasteiger partial charge in [-0.2, -0.15) is 12.1 Å². The summed E-state index contributed by atoms with van der Waals surface area (Å²) in [4.78, 5) is 0. The molecule has 50 heavy (non-hydrogen) atoms. The Bertz CT molecular complexity index is 1650. The van der Waals surface area contributed by atoms with Crippen molar-refractivity contribution < 1.29 is 50.7 Å². The topological polar surface area (TPSA) is 0 Å². The third-order valence-corrected chi connectivity index (χ3v) is 8.52. The maximum atomic E-state index is 3.38. The largest absolute Gasteiger partial charge is 1.00 e. The second kappa shape index (κ2) is 23.2. The van der Waals surface area contributed by atoms with Crippen molar-refractivity contribution in [1.29, 1.82) is 0 Å². The molecule has 268 valence electrons. The Morgan fingerprint density at radius 2 is 0.880 bits per heavy atom. The van der Waals surface area contributed by atoms with Crippen molar-refractivity contribution >= 4 is 21.5 Å². The minimum atomic E-state index is 0. The molecule has 0 fully saturated rings. The molecule has 0 radical (unpaired) electrons. The summed E-state index contributed by atoms with van der Waals surface area (Å²) < 4.78 is 0. The molecule has 0 amide bonds. The molecule has 0 saturated carbocycles. The third-order valence-electron chi connectivity index (χ3n) is 8.52. The van der Waals surface area contributed by atoms with Crippen LogP contribution in [0.4, 0.5) is 0 Å². The van der Waals surface area contributed by atoms with Crippen molar-refractivity contribution in [1.82, 2.24) is 0 Å². The Labute approximate surface area is 335 Å². The van der Waals surface area contributed by atoms with Gasteiger partial charge < -0.3 is 45.1 Å². The fraction of sp³-hybridized carbons (Fsp3) is 0.319. The number of hydrogen-bond acceptors (Lipinski definition) is 0. The van der Waals surface area contributed by atoms with E-state index < -0.39 is 0 Å². The van der Waals surface area contributed by atoms with E-state index in [1.807, 2.05) is 0 Å². The molecule has 0 N–H and O–H groups in total. The first kappa shape index (κ1) is 45.6. The van der Waals surface area contributed by atoms with Crippen LogP contribution >= 0.6 is 0 Å². The molecule has 6 aromatic rings. The molecule has 0 aromatic heterocycles. The quantitative estimate of drug-likeness (QED) is 0.0975. The summed E-state index contributed by atoms with van der Waals surface area (Å²) in [6, 6.07) is 41.0. The molecule has 3 heteroatoms. The predicted octanol–water partition coefficient (Wildman–Crippen LogP) is 7.80. The molecule has 0 saturated heterocycles. The molecule has 6 rings (SSSR count). The summed E-state index contributed by atoms with van der Waals surface area (Å²) in [5, 5.41) is 5.51. The Hall–Kier alpha value is -2.45. The monoisotopic (exact) mass is 870 g/mol. The van der Waals surface area contributed by atoms with Gasteiger partial charge in [0.2, 0.25) is 0 Å². The number of fused-ring (bicyclic) bond motifs is 2. The zero-order valence-corrected chi connectivity index (χ0v) is 36.3. The van der Waals surface area contributed by atoms with Crippen molar-refractivity contribution in [3.8, 4) is 22.3 Å². The normalized spacial score (nSPS) is 10.4. The van der Waals surface area contributed by atoms with E-state index in [0.717, 1.165) is 19.3 Å². The van der Waals surface area contributed by atoms with Gasteiger partial charge in [0.05, 0.1) is 0 Å². The summed E-state index contributed by atoms with van der Waals surface area (Å²) in [6.45, 7) is 20.3. The molecule has 0 nitrogen and oxygen atoms in total. The summed E-state index contributed by atoms with van der Waals surface area (Å²) >= 11 is 0. The molecule has 0 spiro atoms. The van der Waals surface area contributed by atoms with E-state index in [1.165, 1.54) is 91.7 Å². The summed E-state index contributed by atoms with van der Waals surface area (Å²) in [6.07, 6.45) is 7.80. The summed E-state index contributed by atoms with van der Waals surface area (Å²) in [5.74, 6) is 1.40. The Morgan fingerprint density at radius 1 is 0.540 bits per heavy atom. The molecule has 0 atom stereocenters. The van der Waals surface area contributed by atoms with E-state index in [2.05, 4.69) is 165 Å². The van der Waals surface area contributed by atoms with Gasteiger partial charge in [-0.1, -0.05) is 126 Å². The van der Waals surface area contributed by atoms with Crippen molar-refractivity contribution in [2.45, 2.75) is 86.5 Å². The molecule has 0 unspecified atom stereocenters. The van der Waals surface area contributed by atoms with Gasteiger partial charge in [-0.15, -0.1) is 69.1 Å². The van der Waals surface area contributed by atoms with Crippen LogP contribution in [0.15, 0.2) is 109 Å². The van der Waals surface area contributed by atoms with Gasteiger partial charge in [0.1, 0.15) is 0 Å². The maximum Gasteiger partial charge on any atom is 0 e. The van der Waals surface area contributed by atoms with Crippen LogP contribution in [0.2, 0.25) is 0 Å². The predicted molar refractivity (Wildman–Crippen MR) is 210 cm³/mol. The number of halogens is 2. The third kappa shape index (κ3) is 13.0. The van der Waals surface area contributed by atoms with Crippen molar-refractivity contribution in [3.05, 3.63) is 145 Å². The molecular weight excluding hydrogens is 814 g/mol. The van der Waals surface area contributed by atoms with Crippen LogP contribution in [-0.2, 0) is 51.5 Å². The van der Waals surface area contributed by atoms with E-state index in [1.54, 1.807) is 0 Å². The zero-order chi connectivity index (χ0) is 33.8. The summed E-state index contributed by atoms with van der Waals surface area (Å²) in [7, 11) is 0. The fourth-order valence-electron chi connectivity index (χ4n) is 6.55. The SMILES string of the molecule is CCCc1ccc(-c2cccc3[cH-]c(CC(C)C)cc23)cc1.CCCc1ccc(-c2cccc3[cH-]c(CC(C)C)cc23)cc1.[CH2-]C[CH2-].[Cl-].[Cl-].[Hf]. The zero-order valence-electron chi connectivity index (χ0n) is 31.2. The number of benzene rings is 4. The van der Waals surface area contributed by atoms with Gasteiger partial charge in [-0.3, -0.25) is 0 Å². The second-order valence-electron chi connectivity index (χ2n) is 13.8. The summed E-state index contributed by atoms with van der Waals surface area (Å²) in [5.41, 5.74) is 11.1. The van der Waals surface area contributed by atoms with E-state index in [0.29, 0.717) is 11.8 Å². The molecule has 0 aliphatic heterocycles.